The number of para-hydroxylation sites is 1. The topological polar surface area (TPSA) is 108 Å². The zero-order valence-electron chi connectivity index (χ0n) is 15.8. The Morgan fingerprint density at radius 2 is 2.00 bits per heavy atom. The average molecular weight is 455 g/mol. The van der Waals surface area contributed by atoms with E-state index in [2.05, 4.69) is 10.1 Å². The summed E-state index contributed by atoms with van der Waals surface area (Å²) in [6.07, 6.45) is 1.84. The van der Waals surface area contributed by atoms with Crippen LogP contribution in [0.5, 0.6) is 11.5 Å². The minimum atomic E-state index is -4.11. The number of anilines is 1. The fourth-order valence-electron chi connectivity index (χ4n) is 2.37. The zero-order chi connectivity index (χ0) is 21.3. The summed E-state index contributed by atoms with van der Waals surface area (Å²) in [6.45, 7) is 2.98. The van der Waals surface area contributed by atoms with Gasteiger partial charge in [0.25, 0.3) is 6.47 Å². The molecule has 7 nitrogen and oxygen atoms in total. The quantitative estimate of drug-likeness (QED) is 0.228. The maximum Gasteiger partial charge on any atom is 0.293 e. The van der Waals surface area contributed by atoms with Crippen LogP contribution in [0, 0.1) is 0 Å². The molecule has 0 bridgehead atoms. The van der Waals surface area contributed by atoms with E-state index in [1.165, 1.54) is 6.07 Å². The van der Waals surface area contributed by atoms with Crippen molar-refractivity contribution in [2.24, 2.45) is 5.14 Å². The number of carbonyl (C=O) groups is 1. The molecule has 0 aliphatic rings. The summed E-state index contributed by atoms with van der Waals surface area (Å²) in [5, 5.41) is 8.68. The maximum absolute atomic E-state index is 12.3. The van der Waals surface area contributed by atoms with Crippen molar-refractivity contribution >= 4 is 50.4 Å². The molecule has 0 atom stereocenters. The standard InChI is InChI=1S/C19H22N2O5S3/c1-2-3-9-21-16-10-14(19(27)28-13-25-12-22)11-17(29(20,23)24)18(16)26-15-7-5-4-6-8-15/h4-8,10-12,21H,2-3,9,13H2,1H3,(H2,20,23,24). The number of nitrogens with two attached hydrogens (primary N) is 1. The summed E-state index contributed by atoms with van der Waals surface area (Å²) in [5.41, 5.74) is 0.922. The number of nitrogens with one attached hydrogen (secondary N) is 1. The van der Waals surface area contributed by atoms with Crippen LogP contribution in [-0.4, -0.2) is 31.6 Å². The van der Waals surface area contributed by atoms with E-state index in [4.69, 9.17) is 22.1 Å². The van der Waals surface area contributed by atoms with Gasteiger partial charge >= 0.3 is 0 Å². The van der Waals surface area contributed by atoms with Crippen LogP contribution >= 0.6 is 24.0 Å². The molecular weight excluding hydrogens is 432 g/mol. The van der Waals surface area contributed by atoms with Gasteiger partial charge in [-0.2, -0.15) is 0 Å². The summed E-state index contributed by atoms with van der Waals surface area (Å²) in [5.74, 6) is 0.601. The first kappa shape index (κ1) is 23.1. The van der Waals surface area contributed by atoms with Gasteiger partial charge in [0.05, 0.1) is 9.88 Å². The van der Waals surface area contributed by atoms with Crippen molar-refractivity contribution < 1.29 is 22.7 Å². The highest BCUT2D eigenvalue weighted by Gasteiger charge is 2.23. The van der Waals surface area contributed by atoms with Crippen LogP contribution in [-0.2, 0) is 19.6 Å². The fourth-order valence-corrected chi connectivity index (χ4v) is 3.85. The predicted octanol–water partition coefficient (Wildman–Crippen LogP) is 3.88. The SMILES string of the molecule is CCCCNc1cc(C(=S)SCOC=O)cc(S(N)(=O)=O)c1Oc1ccccc1. The van der Waals surface area contributed by atoms with Crippen LogP contribution < -0.4 is 15.2 Å². The molecule has 0 aromatic heterocycles. The summed E-state index contributed by atoms with van der Waals surface area (Å²) < 4.78 is 35.5. The molecule has 10 heteroatoms. The smallest absolute Gasteiger partial charge is 0.293 e. The van der Waals surface area contributed by atoms with Gasteiger partial charge in [0, 0.05) is 12.1 Å². The second-order valence-corrected chi connectivity index (χ2v) is 9.03. The lowest BCUT2D eigenvalue weighted by atomic mass is 10.2. The first-order valence-corrected chi connectivity index (χ1v) is 11.7. The normalized spacial score (nSPS) is 11.0. The molecule has 0 saturated heterocycles. The number of hydrogen-bond donors (Lipinski definition) is 2. The van der Waals surface area contributed by atoms with Crippen LogP contribution in [0.2, 0.25) is 0 Å². The van der Waals surface area contributed by atoms with E-state index in [1.807, 2.05) is 13.0 Å². The van der Waals surface area contributed by atoms with Gasteiger partial charge in [-0.3, -0.25) is 4.79 Å². The Morgan fingerprint density at radius 3 is 2.62 bits per heavy atom. The lowest BCUT2D eigenvalue weighted by molar-refractivity contribution is -0.126. The van der Waals surface area contributed by atoms with Gasteiger partial charge < -0.3 is 14.8 Å². The molecule has 29 heavy (non-hydrogen) atoms. The Hall–Kier alpha value is -2.14. The summed E-state index contributed by atoms with van der Waals surface area (Å²) in [6, 6.07) is 11.9. The van der Waals surface area contributed by atoms with Crippen LogP contribution in [0.4, 0.5) is 5.69 Å². The Labute approximate surface area is 180 Å². The number of hydrogen-bond acceptors (Lipinski definition) is 8. The van der Waals surface area contributed by atoms with E-state index in [9.17, 15) is 13.2 Å². The second-order valence-electron chi connectivity index (χ2n) is 5.90. The number of unbranched alkanes of at least 4 members (excludes halogenated alkanes) is 1. The third-order valence-corrected chi connectivity index (χ3v) is 5.99. The van der Waals surface area contributed by atoms with E-state index in [-0.39, 0.29) is 16.6 Å². The second kappa shape index (κ2) is 11.1. The average Bonchev–Trinajstić information content (AvgIpc) is 2.69. The number of carbonyl (C=O) groups excluding carboxylic acids is 1. The molecule has 0 fully saturated rings. The van der Waals surface area contributed by atoms with Crippen molar-refractivity contribution in [3.05, 3.63) is 48.0 Å². The van der Waals surface area contributed by atoms with Gasteiger partial charge in [-0.25, -0.2) is 13.6 Å². The first-order chi connectivity index (χ1) is 13.9. The maximum atomic E-state index is 12.3. The highest BCUT2D eigenvalue weighted by molar-refractivity contribution is 8.23. The Bertz CT molecular complexity index is 950. The molecular formula is C19H22N2O5S3. The predicted molar refractivity (Wildman–Crippen MR) is 119 cm³/mol. The zero-order valence-corrected chi connectivity index (χ0v) is 18.2. The molecule has 0 saturated carbocycles. The van der Waals surface area contributed by atoms with Gasteiger partial charge in [-0.05, 0) is 30.7 Å². The number of primary sulfonamides is 1. The van der Waals surface area contributed by atoms with Gasteiger partial charge in [-0.15, -0.1) is 0 Å². The van der Waals surface area contributed by atoms with Crippen molar-refractivity contribution in [3.63, 3.8) is 0 Å². The molecule has 0 radical (unpaired) electrons. The molecule has 3 N–H and O–H groups in total. The largest absolute Gasteiger partial charge is 0.456 e. The van der Waals surface area contributed by atoms with E-state index >= 15 is 0 Å². The number of ether oxygens (including phenoxy) is 2. The van der Waals surface area contributed by atoms with E-state index in [0.717, 1.165) is 24.6 Å². The van der Waals surface area contributed by atoms with Crippen molar-refractivity contribution in [2.45, 2.75) is 24.7 Å². The molecule has 2 aromatic carbocycles. The molecule has 0 spiro atoms. The number of benzene rings is 2. The summed E-state index contributed by atoms with van der Waals surface area (Å²) >= 11 is 6.44. The third-order valence-electron chi connectivity index (χ3n) is 3.73. The third kappa shape index (κ3) is 7.00. The molecule has 0 aliphatic carbocycles. The number of sulfonamides is 1. The van der Waals surface area contributed by atoms with Gasteiger partial charge in [0.15, 0.2) is 5.75 Å². The van der Waals surface area contributed by atoms with E-state index in [0.29, 0.717) is 34.2 Å². The lowest BCUT2D eigenvalue weighted by Crippen LogP contribution is -2.16. The number of thioether (sulfide) groups is 1. The molecule has 0 aliphatic heterocycles. The van der Waals surface area contributed by atoms with Gasteiger partial charge in [-0.1, -0.05) is 55.5 Å². The van der Waals surface area contributed by atoms with E-state index in [1.54, 1.807) is 30.3 Å². The summed E-state index contributed by atoms with van der Waals surface area (Å²) in [4.78, 5) is 10.1. The Kier molecular flexibility index (Phi) is 8.90. The van der Waals surface area contributed by atoms with Crippen molar-refractivity contribution in [1.82, 2.24) is 0 Å². The fraction of sp³-hybridized carbons (Fsp3) is 0.263. The number of thiocarbonyl (C=S) groups is 1. The molecule has 0 amide bonds. The van der Waals surface area contributed by atoms with Crippen LogP contribution in [0.3, 0.4) is 0 Å². The molecule has 0 unspecified atom stereocenters. The molecule has 156 valence electrons. The number of rotatable bonds is 11. The van der Waals surface area contributed by atoms with Crippen LogP contribution in [0.1, 0.15) is 25.3 Å². The first-order valence-electron chi connectivity index (χ1n) is 8.76. The van der Waals surface area contributed by atoms with Gasteiger partial charge in [0.2, 0.25) is 10.0 Å². The van der Waals surface area contributed by atoms with Crippen molar-refractivity contribution in [1.29, 1.82) is 0 Å². The highest BCUT2D eigenvalue weighted by Crippen LogP contribution is 2.38. The monoisotopic (exact) mass is 454 g/mol. The van der Waals surface area contributed by atoms with Crippen LogP contribution in [0.25, 0.3) is 0 Å². The summed E-state index contributed by atoms with van der Waals surface area (Å²) in [7, 11) is -4.11. The molecule has 0 heterocycles. The van der Waals surface area contributed by atoms with Crippen LogP contribution in [0.15, 0.2) is 47.4 Å². The van der Waals surface area contributed by atoms with E-state index < -0.39 is 10.0 Å². The molecule has 2 aromatic rings. The Morgan fingerprint density at radius 1 is 1.28 bits per heavy atom. The van der Waals surface area contributed by atoms with Crippen molar-refractivity contribution in [3.8, 4) is 11.5 Å². The molecule has 2 rings (SSSR count). The highest BCUT2D eigenvalue weighted by atomic mass is 32.2. The van der Waals surface area contributed by atoms with Crippen molar-refractivity contribution in [2.75, 3.05) is 17.8 Å². The minimum absolute atomic E-state index is 0.0217. The Balaban J connectivity index is 2.52. The lowest BCUT2D eigenvalue weighted by Gasteiger charge is -2.18. The minimum Gasteiger partial charge on any atom is -0.456 e. The van der Waals surface area contributed by atoms with Gasteiger partial charge in [0.1, 0.15) is 16.6 Å².